The van der Waals surface area contributed by atoms with Crippen molar-refractivity contribution in [3.63, 3.8) is 0 Å². The molecule has 0 spiro atoms. The van der Waals surface area contributed by atoms with Crippen molar-refractivity contribution in [1.29, 1.82) is 0 Å². The predicted octanol–water partition coefficient (Wildman–Crippen LogP) is 4.87. The van der Waals surface area contributed by atoms with Gasteiger partial charge in [0.1, 0.15) is 5.56 Å². The number of pyridine rings is 1. The molecule has 1 aliphatic carbocycles. The number of rotatable bonds is 5. The highest BCUT2D eigenvalue weighted by atomic mass is 79.9. The molecule has 1 amide bonds. The number of aromatic nitrogens is 4. The molecule has 0 saturated carbocycles. The number of hydrogen-bond donors (Lipinski definition) is 1. The van der Waals surface area contributed by atoms with Gasteiger partial charge in [-0.3, -0.25) is 14.5 Å². The summed E-state index contributed by atoms with van der Waals surface area (Å²) in [5.41, 5.74) is 3.82. The number of nitrogens with zero attached hydrogens (tertiary/aromatic N) is 5. The van der Waals surface area contributed by atoms with Gasteiger partial charge in [0.15, 0.2) is 0 Å². The van der Waals surface area contributed by atoms with Crippen LogP contribution in [0.2, 0.25) is 5.02 Å². The van der Waals surface area contributed by atoms with E-state index in [-0.39, 0.29) is 29.1 Å². The molecule has 2 aromatic heterocycles. The predicted molar refractivity (Wildman–Crippen MR) is 152 cm³/mol. The third-order valence-electron chi connectivity index (χ3n) is 8.08. The SMILES string of the molecule is CC(C)C1CCc2[nH]c(=O)c(C(=O)N3C[C@@H](C)N(Cc4cn(-c5ccc(Cl)c(Br)c5)nn4)[C@@H](C)C3)cc2C1. The quantitative estimate of drug-likeness (QED) is 0.451. The van der Waals surface area contributed by atoms with Crippen molar-refractivity contribution >= 4 is 33.4 Å². The Balaban J connectivity index is 1.28. The van der Waals surface area contributed by atoms with Crippen molar-refractivity contribution in [2.45, 2.75) is 65.6 Å². The fourth-order valence-electron chi connectivity index (χ4n) is 5.77. The minimum atomic E-state index is -0.273. The second-order valence-corrected chi connectivity index (χ2v) is 12.4. The first-order valence-electron chi connectivity index (χ1n) is 13.3. The zero-order chi connectivity index (χ0) is 27.1. The molecule has 3 atom stereocenters. The van der Waals surface area contributed by atoms with E-state index in [1.54, 1.807) is 4.68 Å². The number of halogens is 2. The van der Waals surface area contributed by atoms with Crippen molar-refractivity contribution in [2.24, 2.45) is 11.8 Å². The van der Waals surface area contributed by atoms with Crippen LogP contribution in [-0.4, -0.2) is 60.9 Å². The number of carbonyl (C=O) groups excluding carboxylic acids is 1. The lowest BCUT2D eigenvalue weighted by atomic mass is 9.80. The van der Waals surface area contributed by atoms with Crippen molar-refractivity contribution in [3.8, 4) is 5.69 Å². The number of aryl methyl sites for hydroxylation is 1. The van der Waals surface area contributed by atoms with Gasteiger partial charge in [-0.1, -0.05) is 30.7 Å². The molecule has 1 aliphatic heterocycles. The maximum atomic E-state index is 13.5. The number of aromatic amines is 1. The number of H-pyrrole nitrogens is 1. The highest BCUT2D eigenvalue weighted by molar-refractivity contribution is 9.10. The number of nitrogens with one attached hydrogen (secondary N) is 1. The summed E-state index contributed by atoms with van der Waals surface area (Å²) < 4.78 is 2.53. The molecule has 38 heavy (non-hydrogen) atoms. The lowest BCUT2D eigenvalue weighted by Crippen LogP contribution is -2.58. The molecule has 1 N–H and O–H groups in total. The molecule has 1 saturated heterocycles. The van der Waals surface area contributed by atoms with Gasteiger partial charge in [-0.15, -0.1) is 5.10 Å². The van der Waals surface area contributed by atoms with Crippen LogP contribution in [0.15, 0.2) is 39.7 Å². The second-order valence-electron chi connectivity index (χ2n) is 11.1. The zero-order valence-corrected chi connectivity index (χ0v) is 24.6. The molecule has 3 aromatic rings. The van der Waals surface area contributed by atoms with Gasteiger partial charge in [0.2, 0.25) is 0 Å². The van der Waals surface area contributed by atoms with Crippen molar-refractivity contribution in [3.05, 3.63) is 72.8 Å². The van der Waals surface area contributed by atoms with Crippen LogP contribution in [-0.2, 0) is 19.4 Å². The molecule has 10 heteroatoms. The molecule has 1 unspecified atom stereocenters. The number of benzene rings is 1. The maximum Gasteiger partial charge on any atom is 0.261 e. The Bertz CT molecular complexity index is 1390. The third kappa shape index (κ3) is 5.46. The number of hydrogen-bond acceptors (Lipinski definition) is 5. The maximum absolute atomic E-state index is 13.5. The van der Waals surface area contributed by atoms with Gasteiger partial charge >= 0.3 is 0 Å². The molecular formula is C28H34BrClN6O2. The summed E-state index contributed by atoms with van der Waals surface area (Å²) in [5.74, 6) is 0.983. The van der Waals surface area contributed by atoms with Gasteiger partial charge in [-0.05, 0) is 90.7 Å². The van der Waals surface area contributed by atoms with E-state index in [1.165, 1.54) is 0 Å². The minimum Gasteiger partial charge on any atom is -0.335 e. The van der Waals surface area contributed by atoms with Crippen LogP contribution >= 0.6 is 27.5 Å². The molecule has 0 bridgehead atoms. The smallest absolute Gasteiger partial charge is 0.261 e. The summed E-state index contributed by atoms with van der Waals surface area (Å²) in [6.07, 6.45) is 4.78. The van der Waals surface area contributed by atoms with Gasteiger partial charge in [-0.2, -0.15) is 0 Å². The highest BCUT2D eigenvalue weighted by Gasteiger charge is 2.34. The van der Waals surface area contributed by atoms with Crippen molar-refractivity contribution in [2.75, 3.05) is 13.1 Å². The monoisotopic (exact) mass is 600 g/mol. The Morgan fingerprint density at radius 1 is 1.21 bits per heavy atom. The number of carbonyl (C=O) groups is 1. The van der Waals surface area contributed by atoms with Crippen LogP contribution in [0.25, 0.3) is 5.69 Å². The first-order valence-corrected chi connectivity index (χ1v) is 14.4. The minimum absolute atomic E-state index is 0.0968. The van der Waals surface area contributed by atoms with Gasteiger partial charge in [0.25, 0.3) is 11.5 Å². The fourth-order valence-corrected chi connectivity index (χ4v) is 6.26. The summed E-state index contributed by atoms with van der Waals surface area (Å²) in [7, 11) is 0. The van der Waals surface area contributed by atoms with E-state index in [0.29, 0.717) is 36.5 Å². The molecule has 8 nitrogen and oxygen atoms in total. The fraction of sp³-hybridized carbons (Fsp3) is 0.500. The molecule has 0 radical (unpaired) electrons. The average Bonchev–Trinajstić information content (AvgIpc) is 3.35. The summed E-state index contributed by atoms with van der Waals surface area (Å²) in [4.78, 5) is 33.6. The topological polar surface area (TPSA) is 87.1 Å². The summed E-state index contributed by atoms with van der Waals surface area (Å²) in [5, 5.41) is 9.31. The first kappa shape index (κ1) is 27.1. The van der Waals surface area contributed by atoms with Gasteiger partial charge in [0, 0.05) is 41.9 Å². The normalized spacial score (nSPS) is 22.1. The van der Waals surface area contributed by atoms with Crippen molar-refractivity contribution in [1.82, 2.24) is 29.8 Å². The van der Waals surface area contributed by atoms with Gasteiger partial charge in [0.05, 0.1) is 22.6 Å². The van der Waals surface area contributed by atoms with E-state index in [4.69, 9.17) is 11.6 Å². The Hall–Kier alpha value is -2.49. The van der Waals surface area contributed by atoms with Gasteiger partial charge in [-0.25, -0.2) is 4.68 Å². The molecule has 5 rings (SSSR count). The largest absolute Gasteiger partial charge is 0.335 e. The Morgan fingerprint density at radius 3 is 2.63 bits per heavy atom. The Morgan fingerprint density at radius 2 is 1.95 bits per heavy atom. The van der Waals surface area contributed by atoms with Crippen LogP contribution in [0, 0.1) is 11.8 Å². The number of fused-ring (bicyclic) bond motifs is 1. The van der Waals surface area contributed by atoms with E-state index in [9.17, 15) is 9.59 Å². The summed E-state index contributed by atoms with van der Waals surface area (Å²) in [6, 6.07) is 7.67. The molecule has 2 aliphatic rings. The van der Waals surface area contributed by atoms with E-state index in [2.05, 4.69) is 63.8 Å². The lowest BCUT2D eigenvalue weighted by Gasteiger charge is -2.44. The van der Waals surface area contributed by atoms with Crippen LogP contribution in [0.5, 0.6) is 0 Å². The van der Waals surface area contributed by atoms with E-state index in [0.717, 1.165) is 46.4 Å². The first-order chi connectivity index (χ1) is 18.1. The van der Waals surface area contributed by atoms with Crippen LogP contribution < -0.4 is 5.56 Å². The summed E-state index contributed by atoms with van der Waals surface area (Å²) >= 11 is 9.57. The van der Waals surface area contributed by atoms with Gasteiger partial charge < -0.3 is 9.88 Å². The number of amides is 1. The summed E-state index contributed by atoms with van der Waals surface area (Å²) in [6.45, 7) is 10.4. The van der Waals surface area contributed by atoms with E-state index >= 15 is 0 Å². The molecular weight excluding hydrogens is 568 g/mol. The van der Waals surface area contributed by atoms with Crippen LogP contribution in [0.4, 0.5) is 0 Å². The Labute approximate surface area is 236 Å². The zero-order valence-electron chi connectivity index (χ0n) is 22.2. The molecule has 3 heterocycles. The van der Waals surface area contributed by atoms with E-state index < -0.39 is 0 Å². The highest BCUT2D eigenvalue weighted by Crippen LogP contribution is 2.30. The second kappa shape index (κ2) is 10.9. The number of piperazine rings is 1. The molecule has 1 aromatic carbocycles. The van der Waals surface area contributed by atoms with Crippen LogP contribution in [0.1, 0.15) is 61.4 Å². The lowest BCUT2D eigenvalue weighted by molar-refractivity contribution is 0.0263. The van der Waals surface area contributed by atoms with E-state index in [1.807, 2.05) is 35.4 Å². The third-order valence-corrected chi connectivity index (χ3v) is 9.29. The molecule has 202 valence electrons. The van der Waals surface area contributed by atoms with Crippen LogP contribution in [0.3, 0.4) is 0 Å². The standard InChI is InChI=1S/C28H34BrClN6O2/c1-16(2)19-5-8-26-20(9-19)10-23(27(37)31-26)28(38)34-12-17(3)35(18(4)13-34)14-21-15-36(33-32-21)22-6-7-25(30)24(29)11-22/h6-7,10-11,15-19H,5,8-9,12-14H2,1-4H3,(H,31,37)/t17-,18+,19?. The average molecular weight is 602 g/mol. The Kier molecular flexibility index (Phi) is 7.80. The van der Waals surface area contributed by atoms with Crippen molar-refractivity contribution < 1.29 is 4.79 Å². The molecule has 1 fully saturated rings.